The highest BCUT2D eigenvalue weighted by molar-refractivity contribution is 5.74. The Kier molecular flexibility index (Phi) is 5.32. The molecule has 0 spiro atoms. The Morgan fingerprint density at radius 3 is 2.33 bits per heavy atom. The summed E-state index contributed by atoms with van der Waals surface area (Å²) in [5.74, 6) is -0.274. The molecule has 0 aliphatic heterocycles. The van der Waals surface area contributed by atoms with Crippen LogP contribution in [0.2, 0.25) is 0 Å². The van der Waals surface area contributed by atoms with Gasteiger partial charge in [-0.05, 0) is 30.2 Å². The van der Waals surface area contributed by atoms with Crippen molar-refractivity contribution in [3.05, 3.63) is 71.5 Å². The summed E-state index contributed by atoms with van der Waals surface area (Å²) in [6, 6.07) is 15.9. The third-order valence-electron chi connectivity index (χ3n) is 3.24. The molecule has 0 bridgehead atoms. The summed E-state index contributed by atoms with van der Waals surface area (Å²) in [4.78, 5) is 13.9. The smallest absolute Gasteiger partial charge is 0.317 e. The van der Waals surface area contributed by atoms with Gasteiger partial charge in [0, 0.05) is 19.6 Å². The quantitative estimate of drug-likeness (QED) is 0.895. The molecule has 21 heavy (non-hydrogen) atoms. The Balaban J connectivity index is 1.89. The second kappa shape index (κ2) is 7.43. The second-order valence-electron chi connectivity index (χ2n) is 4.78. The molecule has 0 radical (unpaired) electrons. The molecule has 0 unspecified atom stereocenters. The third-order valence-corrected chi connectivity index (χ3v) is 3.24. The van der Waals surface area contributed by atoms with Crippen LogP contribution in [0.15, 0.2) is 54.6 Å². The van der Waals surface area contributed by atoms with Crippen LogP contribution in [0.5, 0.6) is 0 Å². The van der Waals surface area contributed by atoms with Crippen molar-refractivity contribution in [3.8, 4) is 0 Å². The second-order valence-corrected chi connectivity index (χ2v) is 4.78. The van der Waals surface area contributed by atoms with Gasteiger partial charge >= 0.3 is 6.03 Å². The van der Waals surface area contributed by atoms with Crippen molar-refractivity contribution in [1.82, 2.24) is 10.2 Å². The first-order valence-electron chi connectivity index (χ1n) is 7.00. The van der Waals surface area contributed by atoms with Crippen LogP contribution in [-0.2, 0) is 13.1 Å². The van der Waals surface area contributed by atoms with Crippen LogP contribution in [0, 0.1) is 5.82 Å². The van der Waals surface area contributed by atoms with Gasteiger partial charge in [-0.15, -0.1) is 0 Å². The average molecular weight is 286 g/mol. The van der Waals surface area contributed by atoms with Crippen LogP contribution in [0.1, 0.15) is 18.1 Å². The third kappa shape index (κ3) is 4.60. The number of halogens is 1. The zero-order valence-electron chi connectivity index (χ0n) is 12.1. The summed E-state index contributed by atoms with van der Waals surface area (Å²) < 4.78 is 12.8. The van der Waals surface area contributed by atoms with Crippen molar-refractivity contribution in [2.75, 3.05) is 6.54 Å². The molecule has 0 heterocycles. The van der Waals surface area contributed by atoms with Crippen LogP contribution in [0.3, 0.4) is 0 Å². The van der Waals surface area contributed by atoms with Gasteiger partial charge in [0.05, 0.1) is 0 Å². The van der Waals surface area contributed by atoms with Gasteiger partial charge in [0.25, 0.3) is 0 Å². The number of hydrogen-bond donors (Lipinski definition) is 1. The van der Waals surface area contributed by atoms with Gasteiger partial charge in [0.2, 0.25) is 0 Å². The molecule has 1 N–H and O–H groups in total. The molecule has 0 atom stereocenters. The molecule has 2 amide bonds. The predicted octanol–water partition coefficient (Wildman–Crippen LogP) is 3.56. The Bertz CT molecular complexity index is 569. The van der Waals surface area contributed by atoms with Crippen molar-refractivity contribution in [3.63, 3.8) is 0 Å². The van der Waals surface area contributed by atoms with E-state index in [0.29, 0.717) is 19.6 Å². The largest absolute Gasteiger partial charge is 0.334 e. The van der Waals surface area contributed by atoms with Gasteiger partial charge in [-0.25, -0.2) is 9.18 Å². The number of rotatable bonds is 5. The van der Waals surface area contributed by atoms with E-state index in [1.807, 2.05) is 37.3 Å². The predicted molar refractivity (Wildman–Crippen MR) is 81.2 cm³/mol. The Morgan fingerprint density at radius 1 is 1.05 bits per heavy atom. The van der Waals surface area contributed by atoms with E-state index in [2.05, 4.69) is 5.32 Å². The SMILES string of the molecule is CCN(Cc1ccccc1)C(=O)NCc1ccc(F)cc1. The van der Waals surface area contributed by atoms with E-state index in [1.165, 1.54) is 12.1 Å². The molecule has 110 valence electrons. The van der Waals surface area contributed by atoms with Crippen molar-refractivity contribution < 1.29 is 9.18 Å². The number of carbonyl (C=O) groups is 1. The Labute approximate surface area is 124 Å². The maximum atomic E-state index is 12.8. The highest BCUT2D eigenvalue weighted by Gasteiger charge is 2.11. The van der Waals surface area contributed by atoms with Crippen molar-refractivity contribution in [2.45, 2.75) is 20.0 Å². The molecule has 0 aromatic heterocycles. The fourth-order valence-corrected chi connectivity index (χ4v) is 2.02. The highest BCUT2D eigenvalue weighted by atomic mass is 19.1. The Hall–Kier alpha value is -2.36. The number of urea groups is 1. The molecule has 0 saturated carbocycles. The zero-order chi connectivity index (χ0) is 15.1. The molecule has 2 rings (SSSR count). The maximum absolute atomic E-state index is 12.8. The summed E-state index contributed by atoms with van der Waals surface area (Å²) in [6.45, 7) is 3.54. The molecule has 2 aromatic rings. The van der Waals surface area contributed by atoms with E-state index in [1.54, 1.807) is 17.0 Å². The summed E-state index contributed by atoms with van der Waals surface area (Å²) in [5, 5.41) is 2.85. The minimum atomic E-state index is -0.274. The summed E-state index contributed by atoms with van der Waals surface area (Å²) in [5.41, 5.74) is 1.97. The zero-order valence-corrected chi connectivity index (χ0v) is 12.1. The molecule has 2 aromatic carbocycles. The van der Waals surface area contributed by atoms with Gasteiger partial charge < -0.3 is 10.2 Å². The molecular weight excluding hydrogens is 267 g/mol. The summed E-state index contributed by atoms with van der Waals surface area (Å²) in [7, 11) is 0. The lowest BCUT2D eigenvalue weighted by atomic mass is 10.2. The van der Waals surface area contributed by atoms with Crippen LogP contribution in [-0.4, -0.2) is 17.5 Å². The van der Waals surface area contributed by atoms with E-state index in [-0.39, 0.29) is 11.8 Å². The van der Waals surface area contributed by atoms with Gasteiger partial charge in [-0.2, -0.15) is 0 Å². The van der Waals surface area contributed by atoms with E-state index in [4.69, 9.17) is 0 Å². The average Bonchev–Trinajstić information content (AvgIpc) is 2.52. The number of nitrogens with zero attached hydrogens (tertiary/aromatic N) is 1. The van der Waals surface area contributed by atoms with E-state index in [0.717, 1.165) is 11.1 Å². The number of amides is 2. The Morgan fingerprint density at radius 2 is 1.71 bits per heavy atom. The normalized spacial score (nSPS) is 10.2. The first-order chi connectivity index (χ1) is 10.2. The summed E-state index contributed by atoms with van der Waals surface area (Å²) >= 11 is 0. The fourth-order valence-electron chi connectivity index (χ4n) is 2.02. The minimum Gasteiger partial charge on any atom is -0.334 e. The topological polar surface area (TPSA) is 32.3 Å². The lowest BCUT2D eigenvalue weighted by molar-refractivity contribution is 0.197. The van der Waals surface area contributed by atoms with Crippen LogP contribution in [0.25, 0.3) is 0 Å². The number of carbonyl (C=O) groups excluding carboxylic acids is 1. The lowest BCUT2D eigenvalue weighted by Gasteiger charge is -2.21. The van der Waals surface area contributed by atoms with Gasteiger partial charge in [-0.1, -0.05) is 42.5 Å². The first kappa shape index (κ1) is 15.0. The van der Waals surface area contributed by atoms with Crippen molar-refractivity contribution >= 4 is 6.03 Å². The molecular formula is C17H19FN2O. The summed E-state index contributed by atoms with van der Waals surface area (Å²) in [6.07, 6.45) is 0. The van der Waals surface area contributed by atoms with Crippen molar-refractivity contribution in [2.24, 2.45) is 0 Å². The standard InChI is InChI=1S/C17H19FN2O/c1-2-20(13-15-6-4-3-5-7-15)17(21)19-12-14-8-10-16(18)11-9-14/h3-11H,2,12-13H2,1H3,(H,19,21). The van der Waals surface area contributed by atoms with E-state index < -0.39 is 0 Å². The number of benzene rings is 2. The van der Waals surface area contributed by atoms with Crippen LogP contribution < -0.4 is 5.32 Å². The molecule has 0 aliphatic rings. The minimum absolute atomic E-state index is 0.120. The van der Waals surface area contributed by atoms with Gasteiger partial charge in [-0.3, -0.25) is 0 Å². The molecule has 0 saturated heterocycles. The maximum Gasteiger partial charge on any atom is 0.317 e. The van der Waals surface area contributed by atoms with Crippen molar-refractivity contribution in [1.29, 1.82) is 0 Å². The molecule has 0 fully saturated rings. The van der Waals surface area contributed by atoms with E-state index in [9.17, 15) is 9.18 Å². The number of nitrogens with one attached hydrogen (secondary N) is 1. The molecule has 3 nitrogen and oxygen atoms in total. The van der Waals surface area contributed by atoms with Gasteiger partial charge in [0.15, 0.2) is 0 Å². The molecule has 4 heteroatoms. The molecule has 0 aliphatic carbocycles. The monoisotopic (exact) mass is 286 g/mol. The fraction of sp³-hybridized carbons (Fsp3) is 0.235. The highest BCUT2D eigenvalue weighted by Crippen LogP contribution is 2.06. The first-order valence-corrected chi connectivity index (χ1v) is 7.00. The van der Waals surface area contributed by atoms with Crippen LogP contribution in [0.4, 0.5) is 9.18 Å². The lowest BCUT2D eigenvalue weighted by Crippen LogP contribution is -2.39. The van der Waals surface area contributed by atoms with Crippen LogP contribution >= 0.6 is 0 Å². The van der Waals surface area contributed by atoms with Gasteiger partial charge in [0.1, 0.15) is 5.82 Å². The number of hydrogen-bond acceptors (Lipinski definition) is 1. The van der Waals surface area contributed by atoms with E-state index >= 15 is 0 Å².